The summed E-state index contributed by atoms with van der Waals surface area (Å²) in [5.74, 6) is 0. The van der Waals surface area contributed by atoms with Crippen LogP contribution in [0.15, 0.2) is 18.2 Å². The minimum absolute atomic E-state index is 0. The van der Waals surface area contributed by atoms with Crippen molar-refractivity contribution >= 4 is 12.4 Å². The maximum absolute atomic E-state index is 12.4. The van der Waals surface area contributed by atoms with Gasteiger partial charge in [-0.1, -0.05) is 6.07 Å². The van der Waals surface area contributed by atoms with Crippen molar-refractivity contribution in [2.45, 2.75) is 31.5 Å². The summed E-state index contributed by atoms with van der Waals surface area (Å²) in [6.07, 6.45) is -1.71. The molecule has 0 fully saturated rings. The molecule has 0 heterocycles. The van der Waals surface area contributed by atoms with Crippen molar-refractivity contribution in [1.29, 1.82) is 0 Å². The van der Waals surface area contributed by atoms with Gasteiger partial charge in [0.2, 0.25) is 0 Å². The molecule has 0 amide bonds. The average Bonchev–Trinajstić information content (AvgIpc) is 2.16. The number of hydrogen-bond acceptors (Lipinski definition) is 1. The van der Waals surface area contributed by atoms with E-state index in [1.54, 1.807) is 6.07 Å². The van der Waals surface area contributed by atoms with Crippen LogP contribution >= 0.6 is 12.4 Å². The van der Waals surface area contributed by atoms with Gasteiger partial charge in [-0.25, -0.2) is 0 Å². The van der Waals surface area contributed by atoms with Crippen molar-refractivity contribution in [3.8, 4) is 0 Å². The second-order valence-corrected chi connectivity index (χ2v) is 3.91. The summed E-state index contributed by atoms with van der Waals surface area (Å²) in [6, 6.07) is 3.64. The van der Waals surface area contributed by atoms with Crippen LogP contribution in [0.4, 0.5) is 13.2 Å². The molecule has 0 saturated heterocycles. The fourth-order valence-corrected chi connectivity index (χ4v) is 2.01. The molecule has 1 atom stereocenters. The Morgan fingerprint density at radius 2 is 1.94 bits per heavy atom. The van der Waals surface area contributed by atoms with Gasteiger partial charge in [-0.15, -0.1) is 12.4 Å². The highest BCUT2D eigenvalue weighted by Crippen LogP contribution is 2.34. The summed E-state index contributed by atoms with van der Waals surface area (Å²) in [7, 11) is 0. The van der Waals surface area contributed by atoms with E-state index in [-0.39, 0.29) is 18.4 Å². The van der Waals surface area contributed by atoms with Crippen LogP contribution < -0.4 is 5.73 Å². The van der Waals surface area contributed by atoms with Crippen molar-refractivity contribution in [2.75, 3.05) is 0 Å². The van der Waals surface area contributed by atoms with Gasteiger partial charge in [-0.3, -0.25) is 0 Å². The van der Waals surface area contributed by atoms with Crippen LogP contribution in [0.5, 0.6) is 0 Å². The smallest absolute Gasteiger partial charge is 0.324 e. The molecule has 0 saturated carbocycles. The first-order chi connectivity index (χ1) is 6.98. The molecule has 0 aromatic heterocycles. The summed E-state index contributed by atoms with van der Waals surface area (Å²) >= 11 is 0. The summed E-state index contributed by atoms with van der Waals surface area (Å²) < 4.78 is 37.3. The van der Waals surface area contributed by atoms with Gasteiger partial charge in [0.1, 0.15) is 0 Å². The Kier molecular flexibility index (Phi) is 3.86. The normalized spacial score (nSPS) is 19.9. The predicted octanol–water partition coefficient (Wildman–Crippen LogP) is 3.46. The SMILES string of the molecule is Cl.N[C@@H]1CCCc2ccc(C(F)(F)F)cc21. The Hall–Kier alpha value is -0.740. The number of alkyl halides is 3. The van der Waals surface area contributed by atoms with Crippen molar-refractivity contribution in [1.82, 2.24) is 0 Å². The molecule has 1 aromatic rings. The van der Waals surface area contributed by atoms with E-state index in [0.717, 1.165) is 30.9 Å². The molecule has 1 aromatic carbocycles. The zero-order valence-electron chi connectivity index (χ0n) is 8.55. The quantitative estimate of drug-likeness (QED) is 0.751. The van der Waals surface area contributed by atoms with Gasteiger partial charge in [0, 0.05) is 6.04 Å². The van der Waals surface area contributed by atoms with Crippen molar-refractivity contribution in [3.05, 3.63) is 34.9 Å². The van der Waals surface area contributed by atoms with E-state index in [9.17, 15) is 13.2 Å². The largest absolute Gasteiger partial charge is 0.416 e. The predicted molar refractivity (Wildman–Crippen MR) is 58.6 cm³/mol. The Balaban J connectivity index is 0.00000128. The molecule has 2 N–H and O–H groups in total. The minimum Gasteiger partial charge on any atom is -0.324 e. The van der Waals surface area contributed by atoms with Crippen molar-refractivity contribution in [3.63, 3.8) is 0 Å². The number of fused-ring (bicyclic) bond motifs is 1. The summed E-state index contributed by atoms with van der Waals surface area (Å²) in [5, 5.41) is 0. The van der Waals surface area contributed by atoms with Crippen molar-refractivity contribution in [2.24, 2.45) is 5.73 Å². The molecule has 1 nitrogen and oxygen atoms in total. The topological polar surface area (TPSA) is 26.0 Å². The highest BCUT2D eigenvalue weighted by Gasteiger charge is 2.31. The summed E-state index contributed by atoms with van der Waals surface area (Å²) in [6.45, 7) is 0. The lowest BCUT2D eigenvalue weighted by atomic mass is 9.87. The molecule has 0 bridgehead atoms. The van der Waals surface area contributed by atoms with Crippen LogP contribution in [0, 0.1) is 0 Å². The Labute approximate surface area is 98.2 Å². The second-order valence-electron chi connectivity index (χ2n) is 3.91. The molecule has 1 aliphatic rings. The lowest BCUT2D eigenvalue weighted by Gasteiger charge is -2.23. The molecule has 0 unspecified atom stereocenters. The molecular formula is C11H13ClF3N. The van der Waals surface area contributed by atoms with Crippen LogP contribution in [-0.2, 0) is 12.6 Å². The van der Waals surface area contributed by atoms with Crippen LogP contribution in [-0.4, -0.2) is 0 Å². The Morgan fingerprint density at radius 3 is 2.56 bits per heavy atom. The number of hydrogen-bond donors (Lipinski definition) is 1. The van der Waals surface area contributed by atoms with Gasteiger partial charge >= 0.3 is 6.18 Å². The first kappa shape index (κ1) is 13.3. The lowest BCUT2D eigenvalue weighted by Crippen LogP contribution is -2.18. The fraction of sp³-hybridized carbons (Fsp3) is 0.455. The van der Waals surface area contributed by atoms with Crippen LogP contribution in [0.1, 0.15) is 35.6 Å². The number of benzene rings is 1. The van der Waals surface area contributed by atoms with E-state index in [0.29, 0.717) is 5.56 Å². The molecule has 0 aliphatic heterocycles. The minimum atomic E-state index is -4.27. The highest BCUT2D eigenvalue weighted by molar-refractivity contribution is 5.85. The van der Waals surface area contributed by atoms with Gasteiger partial charge in [-0.05, 0) is 42.5 Å². The van der Waals surface area contributed by atoms with Crippen LogP contribution in [0.2, 0.25) is 0 Å². The lowest BCUT2D eigenvalue weighted by molar-refractivity contribution is -0.137. The third-order valence-electron chi connectivity index (χ3n) is 2.83. The third kappa shape index (κ3) is 2.50. The van der Waals surface area contributed by atoms with Crippen molar-refractivity contribution < 1.29 is 13.2 Å². The van der Waals surface area contributed by atoms with Crippen LogP contribution in [0.3, 0.4) is 0 Å². The fourth-order valence-electron chi connectivity index (χ4n) is 2.01. The molecule has 2 rings (SSSR count). The number of rotatable bonds is 0. The standard InChI is InChI=1S/C11H12F3N.ClH/c12-11(13,14)8-5-4-7-2-1-3-10(15)9(7)6-8;/h4-6,10H,1-3,15H2;1H/t10-;/m1./s1. The number of halogens is 4. The van der Waals surface area contributed by atoms with Gasteiger partial charge in [0.15, 0.2) is 0 Å². The molecular weight excluding hydrogens is 239 g/mol. The third-order valence-corrected chi connectivity index (χ3v) is 2.83. The maximum atomic E-state index is 12.4. The zero-order chi connectivity index (χ0) is 11.1. The zero-order valence-corrected chi connectivity index (χ0v) is 9.37. The average molecular weight is 252 g/mol. The molecule has 1 aliphatic carbocycles. The first-order valence-corrected chi connectivity index (χ1v) is 4.94. The van der Waals surface area contributed by atoms with E-state index >= 15 is 0 Å². The molecule has 16 heavy (non-hydrogen) atoms. The van der Waals surface area contributed by atoms with Gasteiger partial charge in [0.25, 0.3) is 0 Å². The number of aryl methyl sites for hydroxylation is 1. The van der Waals surface area contributed by atoms with E-state index in [4.69, 9.17) is 5.73 Å². The maximum Gasteiger partial charge on any atom is 0.416 e. The molecule has 0 spiro atoms. The van der Waals surface area contributed by atoms with E-state index < -0.39 is 11.7 Å². The van der Waals surface area contributed by atoms with Crippen LogP contribution in [0.25, 0.3) is 0 Å². The Bertz CT molecular complexity index is 376. The Morgan fingerprint density at radius 1 is 1.25 bits per heavy atom. The number of nitrogens with two attached hydrogens (primary N) is 1. The molecule has 5 heteroatoms. The summed E-state index contributed by atoms with van der Waals surface area (Å²) in [4.78, 5) is 0. The summed E-state index contributed by atoms with van der Waals surface area (Å²) in [5.41, 5.74) is 6.82. The van der Waals surface area contributed by atoms with Gasteiger partial charge in [-0.2, -0.15) is 13.2 Å². The first-order valence-electron chi connectivity index (χ1n) is 4.94. The molecule has 0 radical (unpaired) electrons. The van der Waals surface area contributed by atoms with E-state index in [2.05, 4.69) is 0 Å². The van der Waals surface area contributed by atoms with Gasteiger partial charge in [0.05, 0.1) is 5.56 Å². The monoisotopic (exact) mass is 251 g/mol. The second kappa shape index (κ2) is 4.63. The highest BCUT2D eigenvalue weighted by atomic mass is 35.5. The van der Waals surface area contributed by atoms with E-state index in [1.165, 1.54) is 6.07 Å². The van der Waals surface area contributed by atoms with Gasteiger partial charge < -0.3 is 5.73 Å². The molecule has 90 valence electrons. The van der Waals surface area contributed by atoms with E-state index in [1.807, 2.05) is 0 Å².